The van der Waals surface area contributed by atoms with Gasteiger partial charge in [0.1, 0.15) is 5.75 Å². The molecule has 0 amide bonds. The second-order valence-electron chi connectivity index (χ2n) is 6.95. The summed E-state index contributed by atoms with van der Waals surface area (Å²) in [5.74, 6) is -0.628. The van der Waals surface area contributed by atoms with E-state index in [1.54, 1.807) is 54.6 Å². The first kappa shape index (κ1) is 23.0. The predicted molar refractivity (Wildman–Crippen MR) is 121 cm³/mol. The topological polar surface area (TPSA) is 90.0 Å². The van der Waals surface area contributed by atoms with Crippen molar-refractivity contribution < 1.29 is 27.5 Å². The lowest BCUT2D eigenvalue weighted by molar-refractivity contribution is 0.0318. The summed E-state index contributed by atoms with van der Waals surface area (Å²) in [4.78, 5) is 24.8. The van der Waals surface area contributed by atoms with Crippen LogP contribution in [0.1, 0.15) is 27.6 Å². The molecule has 0 radical (unpaired) electrons. The quantitative estimate of drug-likeness (QED) is 0.379. The van der Waals surface area contributed by atoms with Crippen molar-refractivity contribution in [3.63, 3.8) is 0 Å². The Bertz CT molecular complexity index is 1210. The van der Waals surface area contributed by atoms with E-state index < -0.39 is 22.1 Å². The molecule has 0 fully saturated rings. The van der Waals surface area contributed by atoms with Crippen molar-refractivity contribution in [3.05, 3.63) is 90.0 Å². The monoisotopic (exact) mass is 453 g/mol. The molecule has 0 aliphatic rings. The molecular weight excluding hydrogens is 430 g/mol. The Morgan fingerprint density at radius 1 is 0.844 bits per heavy atom. The summed E-state index contributed by atoms with van der Waals surface area (Å²) in [5, 5.41) is 0. The lowest BCUT2D eigenvalue weighted by Gasteiger charge is -2.21. The second-order valence-corrected chi connectivity index (χ2v) is 8.92. The molecule has 0 N–H and O–H groups in total. The van der Waals surface area contributed by atoms with Gasteiger partial charge in [-0.1, -0.05) is 42.5 Å². The van der Waals surface area contributed by atoms with Gasteiger partial charge in [0.2, 0.25) is 5.78 Å². The van der Waals surface area contributed by atoms with Crippen molar-refractivity contribution in [1.82, 2.24) is 0 Å². The Morgan fingerprint density at radius 3 is 2.06 bits per heavy atom. The van der Waals surface area contributed by atoms with Gasteiger partial charge in [0.25, 0.3) is 10.0 Å². The number of nitrogens with zero attached hydrogens (tertiary/aromatic N) is 1. The molecule has 166 valence electrons. The number of methoxy groups -OCH3 is 1. The predicted octanol–water partition coefficient (Wildman–Crippen LogP) is 3.95. The van der Waals surface area contributed by atoms with Gasteiger partial charge in [0.15, 0.2) is 6.10 Å². The van der Waals surface area contributed by atoms with Crippen molar-refractivity contribution in [3.8, 4) is 5.75 Å². The zero-order valence-electron chi connectivity index (χ0n) is 17.9. The van der Waals surface area contributed by atoms with Crippen LogP contribution in [0.4, 0.5) is 5.69 Å². The van der Waals surface area contributed by atoms with Gasteiger partial charge >= 0.3 is 5.97 Å². The minimum absolute atomic E-state index is 0.00383. The first-order valence-electron chi connectivity index (χ1n) is 9.78. The van der Waals surface area contributed by atoms with E-state index in [0.717, 1.165) is 4.31 Å². The largest absolute Gasteiger partial charge is 0.495 e. The number of rotatable bonds is 8. The molecule has 0 saturated carbocycles. The number of ether oxygens (including phenoxy) is 2. The number of hydrogen-bond acceptors (Lipinski definition) is 6. The molecule has 1 atom stereocenters. The van der Waals surface area contributed by atoms with E-state index in [9.17, 15) is 18.0 Å². The number of hydrogen-bond donors (Lipinski definition) is 0. The highest BCUT2D eigenvalue weighted by molar-refractivity contribution is 7.92. The molecule has 3 aromatic carbocycles. The van der Waals surface area contributed by atoms with Crippen LogP contribution in [0.25, 0.3) is 0 Å². The summed E-state index contributed by atoms with van der Waals surface area (Å²) in [6, 6.07) is 20.6. The summed E-state index contributed by atoms with van der Waals surface area (Å²) in [6.07, 6.45) is -0.981. The van der Waals surface area contributed by atoms with Crippen LogP contribution in [0.5, 0.6) is 5.75 Å². The fraction of sp³-hybridized carbons (Fsp3) is 0.167. The summed E-state index contributed by atoms with van der Waals surface area (Å²) in [5.41, 5.74) is 0.956. The van der Waals surface area contributed by atoms with E-state index in [1.165, 1.54) is 45.3 Å². The minimum Gasteiger partial charge on any atom is -0.495 e. The van der Waals surface area contributed by atoms with E-state index in [2.05, 4.69) is 0 Å². The van der Waals surface area contributed by atoms with Crippen LogP contribution in [0.2, 0.25) is 0 Å². The van der Waals surface area contributed by atoms with Gasteiger partial charge in [-0.15, -0.1) is 0 Å². The molecule has 3 aromatic rings. The Balaban J connectivity index is 1.75. The van der Waals surface area contributed by atoms with Crippen LogP contribution in [-0.2, 0) is 14.8 Å². The lowest BCUT2D eigenvalue weighted by atomic mass is 10.1. The van der Waals surface area contributed by atoms with E-state index >= 15 is 0 Å². The molecule has 7 nitrogen and oxygen atoms in total. The number of benzene rings is 3. The van der Waals surface area contributed by atoms with E-state index in [1.807, 2.05) is 0 Å². The average molecular weight is 454 g/mol. The van der Waals surface area contributed by atoms with Gasteiger partial charge in [0.05, 0.1) is 23.3 Å². The van der Waals surface area contributed by atoms with Gasteiger partial charge < -0.3 is 9.47 Å². The van der Waals surface area contributed by atoms with Crippen LogP contribution >= 0.6 is 0 Å². The molecule has 32 heavy (non-hydrogen) atoms. The number of esters is 1. The van der Waals surface area contributed by atoms with Gasteiger partial charge in [0, 0.05) is 12.6 Å². The molecule has 3 rings (SSSR count). The van der Waals surface area contributed by atoms with Crippen LogP contribution in [0, 0.1) is 0 Å². The highest BCUT2D eigenvalue weighted by atomic mass is 32.2. The molecule has 0 saturated heterocycles. The zero-order chi connectivity index (χ0) is 23.3. The molecular formula is C24H23NO6S. The number of ketones is 1. The third-order valence-electron chi connectivity index (χ3n) is 4.88. The summed E-state index contributed by atoms with van der Waals surface area (Å²) in [6.45, 7) is 1.49. The zero-order valence-corrected chi connectivity index (χ0v) is 18.7. The van der Waals surface area contributed by atoms with Crippen LogP contribution in [-0.4, -0.2) is 40.4 Å². The fourth-order valence-corrected chi connectivity index (χ4v) is 4.27. The number of sulfonamides is 1. The molecule has 0 aliphatic heterocycles. The Labute approximate surface area is 187 Å². The highest BCUT2D eigenvalue weighted by Crippen LogP contribution is 2.30. The molecule has 0 aromatic heterocycles. The Hall–Kier alpha value is -3.65. The minimum atomic E-state index is -3.89. The smallest absolute Gasteiger partial charge is 0.338 e. The maximum absolute atomic E-state index is 13.0. The summed E-state index contributed by atoms with van der Waals surface area (Å²) in [7, 11) is -1.01. The number of Topliss-reactive ketones (excluding diaryl/α,β-unsaturated/α-hetero) is 1. The highest BCUT2D eigenvalue weighted by Gasteiger charge is 2.25. The molecule has 0 unspecified atom stereocenters. The maximum Gasteiger partial charge on any atom is 0.338 e. The van der Waals surface area contributed by atoms with Crippen molar-refractivity contribution in [1.29, 1.82) is 0 Å². The molecule has 0 heterocycles. The maximum atomic E-state index is 13.0. The Kier molecular flexibility index (Phi) is 6.95. The second kappa shape index (κ2) is 9.65. The third kappa shape index (κ3) is 4.81. The van der Waals surface area contributed by atoms with Crippen molar-refractivity contribution in [2.75, 3.05) is 18.5 Å². The van der Waals surface area contributed by atoms with Crippen molar-refractivity contribution in [2.45, 2.75) is 17.9 Å². The van der Waals surface area contributed by atoms with E-state index in [0.29, 0.717) is 17.0 Å². The molecule has 0 aliphatic carbocycles. The average Bonchev–Trinajstić information content (AvgIpc) is 2.83. The number of para-hydroxylation sites is 2. The van der Waals surface area contributed by atoms with Crippen LogP contribution in [0.3, 0.4) is 0 Å². The van der Waals surface area contributed by atoms with Crippen LogP contribution < -0.4 is 9.04 Å². The van der Waals surface area contributed by atoms with Crippen LogP contribution in [0.15, 0.2) is 83.8 Å². The van der Waals surface area contributed by atoms with Crippen molar-refractivity contribution in [2.24, 2.45) is 0 Å². The number of carbonyl (C=O) groups excluding carboxylic acids is 2. The Morgan fingerprint density at radius 2 is 1.44 bits per heavy atom. The van der Waals surface area contributed by atoms with E-state index in [-0.39, 0.29) is 16.2 Å². The number of anilines is 1. The van der Waals surface area contributed by atoms with Gasteiger partial charge in [-0.05, 0) is 43.3 Å². The first-order chi connectivity index (χ1) is 15.3. The third-order valence-corrected chi connectivity index (χ3v) is 6.67. The SMILES string of the molecule is COc1ccccc1N(C)S(=O)(=O)c1ccc(C(=O)O[C@H](C)C(=O)c2ccccc2)cc1. The molecule has 0 spiro atoms. The van der Waals surface area contributed by atoms with E-state index in [4.69, 9.17) is 9.47 Å². The van der Waals surface area contributed by atoms with Gasteiger partial charge in [-0.25, -0.2) is 13.2 Å². The normalized spacial score (nSPS) is 12.0. The fourth-order valence-electron chi connectivity index (χ4n) is 3.06. The lowest BCUT2D eigenvalue weighted by Crippen LogP contribution is -2.27. The van der Waals surface area contributed by atoms with Gasteiger partial charge in [-0.3, -0.25) is 9.10 Å². The molecule has 0 bridgehead atoms. The molecule has 8 heteroatoms. The number of carbonyl (C=O) groups is 2. The standard InChI is InChI=1S/C24H23NO6S/c1-17(23(26)18-9-5-4-6-10-18)31-24(27)19-13-15-20(16-14-19)32(28,29)25(2)21-11-7-8-12-22(21)30-3/h4-17H,1-3H3/t17-/m1/s1. The summed E-state index contributed by atoms with van der Waals surface area (Å²) >= 11 is 0. The van der Waals surface area contributed by atoms with Crippen molar-refractivity contribution >= 4 is 27.5 Å². The van der Waals surface area contributed by atoms with Gasteiger partial charge in [-0.2, -0.15) is 0 Å². The first-order valence-corrected chi connectivity index (χ1v) is 11.2. The summed E-state index contributed by atoms with van der Waals surface area (Å²) < 4.78 is 37.6.